The summed E-state index contributed by atoms with van der Waals surface area (Å²) in [6.07, 6.45) is 0. The maximum absolute atomic E-state index is 12.6. The van der Waals surface area contributed by atoms with Gasteiger partial charge >= 0.3 is 0 Å². The first-order valence-corrected chi connectivity index (χ1v) is 8.16. The minimum atomic E-state index is -0.147. The standard InChI is InChI=1S/C17H18ClNOS/c1-3-19(15-7-5-4-6-8-15)17(20)13(2)21-16-11-9-14(18)10-12-16/h4-13H,3H2,1-2H3. The van der Waals surface area contributed by atoms with Crippen LogP contribution in [0, 0.1) is 0 Å². The van der Waals surface area contributed by atoms with E-state index in [9.17, 15) is 4.79 Å². The summed E-state index contributed by atoms with van der Waals surface area (Å²) in [5.41, 5.74) is 0.938. The minimum absolute atomic E-state index is 0.114. The molecule has 0 aliphatic heterocycles. The predicted octanol–water partition coefficient (Wildman–Crippen LogP) is 4.87. The van der Waals surface area contributed by atoms with Crippen LogP contribution in [-0.4, -0.2) is 17.7 Å². The summed E-state index contributed by atoms with van der Waals surface area (Å²) in [5.74, 6) is 0.114. The zero-order valence-electron chi connectivity index (χ0n) is 12.1. The zero-order chi connectivity index (χ0) is 15.2. The van der Waals surface area contributed by atoms with Crippen LogP contribution in [0.4, 0.5) is 5.69 Å². The predicted molar refractivity (Wildman–Crippen MR) is 91.2 cm³/mol. The molecule has 0 heterocycles. The molecule has 0 saturated carbocycles. The maximum Gasteiger partial charge on any atom is 0.240 e. The lowest BCUT2D eigenvalue weighted by Crippen LogP contribution is -2.36. The van der Waals surface area contributed by atoms with Crippen molar-refractivity contribution < 1.29 is 4.79 Å². The van der Waals surface area contributed by atoms with Gasteiger partial charge in [0.15, 0.2) is 0 Å². The SMILES string of the molecule is CCN(C(=O)C(C)Sc1ccc(Cl)cc1)c1ccccc1. The van der Waals surface area contributed by atoms with Gasteiger partial charge in [-0.2, -0.15) is 0 Å². The number of carbonyl (C=O) groups is 1. The Morgan fingerprint density at radius 1 is 1.14 bits per heavy atom. The third kappa shape index (κ3) is 4.26. The summed E-state index contributed by atoms with van der Waals surface area (Å²) in [5, 5.41) is 0.559. The highest BCUT2D eigenvalue weighted by Crippen LogP contribution is 2.27. The molecule has 1 atom stereocenters. The molecule has 21 heavy (non-hydrogen) atoms. The van der Waals surface area contributed by atoms with Gasteiger partial charge in [0, 0.05) is 22.2 Å². The Morgan fingerprint density at radius 2 is 1.76 bits per heavy atom. The summed E-state index contributed by atoms with van der Waals surface area (Å²) in [6, 6.07) is 17.3. The van der Waals surface area contributed by atoms with Gasteiger partial charge in [-0.05, 0) is 50.2 Å². The van der Waals surface area contributed by atoms with E-state index in [1.165, 1.54) is 0 Å². The quantitative estimate of drug-likeness (QED) is 0.732. The molecule has 0 aromatic heterocycles. The average Bonchev–Trinajstić information content (AvgIpc) is 2.51. The van der Waals surface area contributed by atoms with Crippen LogP contribution in [0.25, 0.3) is 0 Å². The molecule has 4 heteroatoms. The number of amides is 1. The molecule has 1 unspecified atom stereocenters. The first-order chi connectivity index (χ1) is 10.1. The van der Waals surface area contributed by atoms with Gasteiger partial charge in [0.1, 0.15) is 0 Å². The Morgan fingerprint density at radius 3 is 2.33 bits per heavy atom. The fourth-order valence-corrected chi connectivity index (χ4v) is 3.12. The van der Waals surface area contributed by atoms with Gasteiger partial charge in [0.05, 0.1) is 5.25 Å². The number of thioether (sulfide) groups is 1. The van der Waals surface area contributed by atoms with Crippen molar-refractivity contribution in [3.8, 4) is 0 Å². The van der Waals surface area contributed by atoms with E-state index in [4.69, 9.17) is 11.6 Å². The van der Waals surface area contributed by atoms with Crippen LogP contribution in [0.3, 0.4) is 0 Å². The Kier molecular flexibility index (Phi) is 5.71. The van der Waals surface area contributed by atoms with Gasteiger partial charge in [0.25, 0.3) is 0 Å². The molecule has 0 spiro atoms. The lowest BCUT2D eigenvalue weighted by molar-refractivity contribution is -0.117. The number of halogens is 1. The van der Waals surface area contributed by atoms with Gasteiger partial charge in [-0.15, -0.1) is 11.8 Å². The highest BCUT2D eigenvalue weighted by atomic mass is 35.5. The van der Waals surface area contributed by atoms with Crippen molar-refractivity contribution in [1.29, 1.82) is 0 Å². The van der Waals surface area contributed by atoms with E-state index in [-0.39, 0.29) is 11.2 Å². The van der Waals surface area contributed by atoms with Crippen molar-refractivity contribution in [3.63, 3.8) is 0 Å². The van der Waals surface area contributed by atoms with E-state index in [1.807, 2.05) is 73.3 Å². The summed E-state index contributed by atoms with van der Waals surface area (Å²) in [6.45, 7) is 4.59. The number of carbonyl (C=O) groups excluding carboxylic acids is 1. The molecule has 2 nitrogen and oxygen atoms in total. The summed E-state index contributed by atoms with van der Waals surface area (Å²) in [4.78, 5) is 15.5. The Bertz CT molecular complexity index is 585. The molecule has 0 bridgehead atoms. The van der Waals surface area contributed by atoms with Gasteiger partial charge in [-0.1, -0.05) is 29.8 Å². The van der Waals surface area contributed by atoms with Crippen molar-refractivity contribution in [2.75, 3.05) is 11.4 Å². The van der Waals surface area contributed by atoms with Crippen molar-refractivity contribution in [2.24, 2.45) is 0 Å². The van der Waals surface area contributed by atoms with Crippen LogP contribution in [0.5, 0.6) is 0 Å². The fourth-order valence-electron chi connectivity index (χ4n) is 2.06. The third-order valence-electron chi connectivity index (χ3n) is 3.12. The lowest BCUT2D eigenvalue weighted by Gasteiger charge is -2.24. The molecule has 0 radical (unpaired) electrons. The number of benzene rings is 2. The summed E-state index contributed by atoms with van der Waals surface area (Å²) < 4.78 is 0. The van der Waals surface area contributed by atoms with E-state index in [1.54, 1.807) is 11.8 Å². The molecule has 0 aliphatic carbocycles. The van der Waals surface area contributed by atoms with E-state index < -0.39 is 0 Å². The number of hydrogen-bond acceptors (Lipinski definition) is 2. The van der Waals surface area contributed by atoms with Crippen LogP contribution < -0.4 is 4.90 Å². The highest BCUT2D eigenvalue weighted by molar-refractivity contribution is 8.00. The fraction of sp³-hybridized carbons (Fsp3) is 0.235. The molecule has 0 N–H and O–H groups in total. The van der Waals surface area contributed by atoms with E-state index >= 15 is 0 Å². The molecule has 2 rings (SSSR count). The van der Waals surface area contributed by atoms with Gasteiger partial charge in [-0.3, -0.25) is 4.79 Å². The molecule has 0 fully saturated rings. The number of para-hydroxylation sites is 1. The molecule has 2 aromatic rings. The normalized spacial score (nSPS) is 12.0. The first-order valence-electron chi connectivity index (χ1n) is 6.90. The lowest BCUT2D eigenvalue weighted by atomic mass is 10.2. The molecular formula is C17H18ClNOS. The Hall–Kier alpha value is -1.45. The summed E-state index contributed by atoms with van der Waals surface area (Å²) >= 11 is 7.43. The highest BCUT2D eigenvalue weighted by Gasteiger charge is 2.21. The van der Waals surface area contributed by atoms with Gasteiger partial charge < -0.3 is 4.90 Å². The molecule has 1 amide bonds. The number of anilines is 1. The Labute approximate surface area is 135 Å². The van der Waals surface area contributed by atoms with Crippen LogP contribution in [0.2, 0.25) is 5.02 Å². The molecular weight excluding hydrogens is 302 g/mol. The zero-order valence-corrected chi connectivity index (χ0v) is 13.7. The van der Waals surface area contributed by atoms with Crippen molar-refractivity contribution in [3.05, 3.63) is 59.6 Å². The van der Waals surface area contributed by atoms with Crippen LogP contribution in [0.1, 0.15) is 13.8 Å². The molecule has 110 valence electrons. The van der Waals surface area contributed by atoms with Gasteiger partial charge in [0.2, 0.25) is 5.91 Å². The van der Waals surface area contributed by atoms with Crippen LogP contribution >= 0.6 is 23.4 Å². The van der Waals surface area contributed by atoms with Crippen molar-refractivity contribution in [1.82, 2.24) is 0 Å². The van der Waals surface area contributed by atoms with E-state index in [0.717, 1.165) is 10.6 Å². The second-order valence-electron chi connectivity index (χ2n) is 4.63. The molecule has 0 saturated heterocycles. The minimum Gasteiger partial charge on any atom is -0.312 e. The number of hydrogen-bond donors (Lipinski definition) is 0. The average molecular weight is 320 g/mol. The molecule has 0 aliphatic rings. The van der Waals surface area contributed by atoms with Crippen molar-refractivity contribution >= 4 is 35.0 Å². The van der Waals surface area contributed by atoms with Gasteiger partial charge in [-0.25, -0.2) is 0 Å². The number of nitrogens with zero attached hydrogens (tertiary/aromatic N) is 1. The number of rotatable bonds is 5. The largest absolute Gasteiger partial charge is 0.312 e. The smallest absolute Gasteiger partial charge is 0.240 e. The van der Waals surface area contributed by atoms with Crippen LogP contribution in [0.15, 0.2) is 59.5 Å². The monoisotopic (exact) mass is 319 g/mol. The van der Waals surface area contributed by atoms with Crippen molar-refractivity contribution in [2.45, 2.75) is 24.0 Å². The second kappa shape index (κ2) is 7.53. The second-order valence-corrected chi connectivity index (χ2v) is 6.48. The van der Waals surface area contributed by atoms with Crippen LogP contribution in [-0.2, 0) is 4.79 Å². The maximum atomic E-state index is 12.6. The summed E-state index contributed by atoms with van der Waals surface area (Å²) in [7, 11) is 0. The molecule has 2 aromatic carbocycles. The third-order valence-corrected chi connectivity index (χ3v) is 4.48. The van der Waals surface area contributed by atoms with E-state index in [2.05, 4.69) is 0 Å². The topological polar surface area (TPSA) is 20.3 Å². The Balaban J connectivity index is 2.08. The first kappa shape index (κ1) is 15.9. The van der Waals surface area contributed by atoms with E-state index in [0.29, 0.717) is 11.6 Å².